The maximum atomic E-state index is 12.7. The molecule has 1 aliphatic carbocycles. The number of hydrogen-bond donors (Lipinski definition) is 2. The molecule has 0 radical (unpaired) electrons. The van der Waals surface area contributed by atoms with Gasteiger partial charge in [-0.2, -0.15) is 0 Å². The van der Waals surface area contributed by atoms with E-state index in [-0.39, 0.29) is 22.7 Å². The van der Waals surface area contributed by atoms with Crippen molar-refractivity contribution in [2.75, 3.05) is 19.5 Å². The van der Waals surface area contributed by atoms with E-state index in [4.69, 9.17) is 9.47 Å². The monoisotopic (exact) mass is 408 g/mol. The van der Waals surface area contributed by atoms with Crippen LogP contribution in [-0.2, 0) is 4.74 Å². The highest BCUT2D eigenvalue weighted by molar-refractivity contribution is 6.28. The molecule has 2 N–H and O–H groups in total. The number of rotatable bonds is 5. The van der Waals surface area contributed by atoms with E-state index in [0.717, 1.165) is 31.2 Å². The third-order valence-corrected chi connectivity index (χ3v) is 5.77. The average Bonchev–Trinajstić information content (AvgIpc) is 3.08. The summed E-state index contributed by atoms with van der Waals surface area (Å²) in [4.78, 5) is 37.7. The van der Waals surface area contributed by atoms with Crippen LogP contribution in [0.2, 0.25) is 0 Å². The summed E-state index contributed by atoms with van der Waals surface area (Å²) in [6, 6.07) is 9.19. The van der Waals surface area contributed by atoms with E-state index in [9.17, 15) is 14.4 Å². The number of fused-ring (bicyclic) bond motifs is 1. The third kappa shape index (κ3) is 3.51. The van der Waals surface area contributed by atoms with Crippen LogP contribution in [0.15, 0.2) is 30.3 Å². The molecule has 2 amide bonds. The van der Waals surface area contributed by atoms with Crippen molar-refractivity contribution in [3.63, 3.8) is 0 Å². The first-order chi connectivity index (χ1) is 14.5. The second kappa shape index (κ2) is 8.18. The lowest BCUT2D eigenvalue weighted by molar-refractivity contribution is 0.0596. The van der Waals surface area contributed by atoms with Crippen molar-refractivity contribution in [3.05, 3.63) is 47.0 Å². The van der Waals surface area contributed by atoms with Crippen molar-refractivity contribution in [1.29, 1.82) is 0 Å². The van der Waals surface area contributed by atoms with Gasteiger partial charge in [-0.1, -0.05) is 31.4 Å². The fraction of sp³-hybridized carbons (Fsp3) is 0.348. The minimum absolute atomic E-state index is 0.0717. The number of methoxy groups -OCH3 is 2. The first-order valence-corrected chi connectivity index (χ1v) is 10.1. The molecule has 0 bridgehead atoms. The number of ether oxygens (including phenoxy) is 2. The van der Waals surface area contributed by atoms with Crippen molar-refractivity contribution >= 4 is 23.5 Å². The summed E-state index contributed by atoms with van der Waals surface area (Å²) in [5.74, 6) is -1.05. The van der Waals surface area contributed by atoms with E-state index in [1.54, 1.807) is 13.2 Å². The number of benzene rings is 2. The van der Waals surface area contributed by atoms with E-state index in [0.29, 0.717) is 17.0 Å². The van der Waals surface area contributed by atoms with E-state index >= 15 is 0 Å². The number of carbonyl (C=O) groups is 3. The fourth-order valence-electron chi connectivity index (χ4n) is 4.24. The van der Waals surface area contributed by atoms with Crippen molar-refractivity contribution in [2.45, 2.75) is 38.1 Å². The molecule has 1 heterocycles. The van der Waals surface area contributed by atoms with Crippen LogP contribution < -0.4 is 15.4 Å². The molecule has 30 heavy (non-hydrogen) atoms. The number of amides is 2. The van der Waals surface area contributed by atoms with Gasteiger partial charge in [0.05, 0.1) is 36.6 Å². The molecule has 0 spiro atoms. The van der Waals surface area contributed by atoms with Crippen LogP contribution >= 0.6 is 0 Å². The van der Waals surface area contributed by atoms with Crippen molar-refractivity contribution < 1.29 is 23.9 Å². The molecule has 1 aliphatic heterocycles. The zero-order chi connectivity index (χ0) is 21.3. The summed E-state index contributed by atoms with van der Waals surface area (Å²) < 4.78 is 10.1. The molecule has 7 heteroatoms. The summed E-state index contributed by atoms with van der Waals surface area (Å²) >= 11 is 0. The quantitative estimate of drug-likeness (QED) is 0.578. The number of imide groups is 1. The Morgan fingerprint density at radius 2 is 1.67 bits per heavy atom. The molecule has 7 nitrogen and oxygen atoms in total. The lowest BCUT2D eigenvalue weighted by Crippen LogP contribution is -2.25. The first-order valence-electron chi connectivity index (χ1n) is 10.1. The van der Waals surface area contributed by atoms with E-state index < -0.39 is 17.8 Å². The van der Waals surface area contributed by atoms with Crippen LogP contribution in [0.3, 0.4) is 0 Å². The van der Waals surface area contributed by atoms with E-state index in [2.05, 4.69) is 10.6 Å². The smallest absolute Gasteiger partial charge is 0.338 e. The number of esters is 1. The van der Waals surface area contributed by atoms with Gasteiger partial charge in [-0.05, 0) is 36.6 Å². The predicted octanol–water partition coefficient (Wildman–Crippen LogP) is 3.78. The second-order valence-electron chi connectivity index (χ2n) is 7.58. The van der Waals surface area contributed by atoms with E-state index in [1.165, 1.54) is 13.5 Å². The number of nitrogens with one attached hydrogen (secondary N) is 2. The molecule has 2 aromatic rings. The molecule has 1 saturated carbocycles. The molecule has 156 valence electrons. The van der Waals surface area contributed by atoms with Crippen LogP contribution in [0, 0.1) is 0 Å². The maximum absolute atomic E-state index is 12.7. The maximum Gasteiger partial charge on any atom is 0.338 e. The Morgan fingerprint density at radius 1 is 1.00 bits per heavy atom. The van der Waals surface area contributed by atoms with Gasteiger partial charge in [-0.15, -0.1) is 0 Å². The molecule has 0 atom stereocenters. The van der Waals surface area contributed by atoms with Crippen LogP contribution in [0.4, 0.5) is 5.69 Å². The predicted molar refractivity (Wildman–Crippen MR) is 112 cm³/mol. The normalized spacial score (nSPS) is 16.1. The largest absolute Gasteiger partial charge is 0.497 e. The van der Waals surface area contributed by atoms with Gasteiger partial charge in [0.2, 0.25) is 0 Å². The number of carbonyl (C=O) groups excluding carboxylic acids is 3. The highest BCUT2D eigenvalue weighted by Gasteiger charge is 2.37. The Morgan fingerprint density at radius 3 is 2.30 bits per heavy atom. The van der Waals surface area contributed by atoms with Gasteiger partial charge in [0.1, 0.15) is 5.75 Å². The molecule has 0 saturated heterocycles. The first kappa shape index (κ1) is 19.9. The number of anilines is 1. The van der Waals surface area contributed by atoms with E-state index in [1.807, 2.05) is 24.3 Å². The van der Waals surface area contributed by atoms with Crippen LogP contribution in [-0.4, -0.2) is 38.0 Å². The molecule has 2 aliphatic rings. The molecule has 4 rings (SSSR count). The van der Waals surface area contributed by atoms with Crippen LogP contribution in [0.5, 0.6) is 5.75 Å². The van der Waals surface area contributed by atoms with Gasteiger partial charge in [-0.25, -0.2) is 4.79 Å². The van der Waals surface area contributed by atoms with Gasteiger partial charge in [-0.3, -0.25) is 14.9 Å². The zero-order valence-corrected chi connectivity index (χ0v) is 17.0. The minimum Gasteiger partial charge on any atom is -0.497 e. The standard InChI is InChI=1S/C23H24N2O5/c1-29-15-10-8-13(9-11-15)16-12-17(23(28)30-2)18-19(22(27)25-21(18)26)20(16)24-14-6-4-3-5-7-14/h8-12,14,24H,3-7H2,1-2H3,(H,25,26,27). The second-order valence-corrected chi connectivity index (χ2v) is 7.58. The lowest BCUT2D eigenvalue weighted by Gasteiger charge is -2.27. The van der Waals surface area contributed by atoms with Crippen molar-refractivity contribution in [2.24, 2.45) is 0 Å². The summed E-state index contributed by atoms with van der Waals surface area (Å²) in [7, 11) is 2.84. The topological polar surface area (TPSA) is 93.7 Å². The molecule has 0 aromatic heterocycles. The SMILES string of the molecule is COC(=O)c1cc(-c2ccc(OC)cc2)c(NC2CCCCC2)c2c1C(=O)NC2=O. The summed E-state index contributed by atoms with van der Waals surface area (Å²) in [5.41, 5.74) is 2.41. The Kier molecular flexibility index (Phi) is 5.44. The van der Waals surface area contributed by atoms with Crippen LogP contribution in [0.25, 0.3) is 11.1 Å². The van der Waals surface area contributed by atoms with Gasteiger partial charge in [0, 0.05) is 11.6 Å². The van der Waals surface area contributed by atoms with Crippen molar-refractivity contribution in [1.82, 2.24) is 5.32 Å². The Hall–Kier alpha value is -3.35. The minimum atomic E-state index is -0.657. The fourth-order valence-corrected chi connectivity index (χ4v) is 4.24. The van der Waals surface area contributed by atoms with Crippen LogP contribution in [0.1, 0.15) is 63.2 Å². The summed E-state index contributed by atoms with van der Waals surface area (Å²) in [6.07, 6.45) is 5.41. The molecular weight excluding hydrogens is 384 g/mol. The van der Waals surface area contributed by atoms with Gasteiger partial charge >= 0.3 is 5.97 Å². The Balaban J connectivity index is 1.93. The van der Waals surface area contributed by atoms with Gasteiger partial charge in [0.25, 0.3) is 11.8 Å². The molecular formula is C23H24N2O5. The van der Waals surface area contributed by atoms with Gasteiger partial charge < -0.3 is 14.8 Å². The average molecular weight is 408 g/mol. The summed E-state index contributed by atoms with van der Waals surface area (Å²) in [6.45, 7) is 0. The molecule has 2 aromatic carbocycles. The highest BCUT2D eigenvalue weighted by Crippen LogP contribution is 2.39. The highest BCUT2D eigenvalue weighted by atomic mass is 16.5. The van der Waals surface area contributed by atoms with Gasteiger partial charge in [0.15, 0.2) is 0 Å². The lowest BCUT2D eigenvalue weighted by atomic mass is 9.90. The Bertz CT molecular complexity index is 1010. The number of hydrogen-bond acceptors (Lipinski definition) is 6. The summed E-state index contributed by atoms with van der Waals surface area (Å²) in [5, 5.41) is 5.85. The molecule has 0 unspecified atom stereocenters. The molecule has 1 fully saturated rings. The zero-order valence-electron chi connectivity index (χ0n) is 17.0. The third-order valence-electron chi connectivity index (χ3n) is 5.77. The Labute approximate surface area is 174 Å². The van der Waals surface area contributed by atoms with Crippen molar-refractivity contribution in [3.8, 4) is 16.9 Å².